The van der Waals surface area contributed by atoms with Gasteiger partial charge in [0.05, 0.1) is 0 Å². The van der Waals surface area contributed by atoms with Crippen LogP contribution in [0.1, 0.15) is 32.1 Å². The van der Waals surface area contributed by atoms with Crippen molar-refractivity contribution >= 4 is 5.78 Å². The van der Waals surface area contributed by atoms with Gasteiger partial charge in [0.2, 0.25) is 5.78 Å². The zero-order valence-corrected chi connectivity index (χ0v) is 6.85. The molecule has 1 rings (SSSR count). The lowest BCUT2D eigenvalue weighted by Gasteiger charge is -2.01. The second-order valence-corrected chi connectivity index (χ2v) is 2.99. The van der Waals surface area contributed by atoms with E-state index in [9.17, 15) is 13.6 Å². The van der Waals surface area contributed by atoms with Gasteiger partial charge in [-0.1, -0.05) is 12.5 Å². The number of allylic oxidation sites excluding steroid dienone is 2. The van der Waals surface area contributed by atoms with Crippen molar-refractivity contribution in [3.63, 3.8) is 0 Å². The molecule has 0 saturated heterocycles. The molecule has 0 atom stereocenters. The molecule has 0 fully saturated rings. The van der Waals surface area contributed by atoms with Crippen molar-refractivity contribution in [2.24, 2.45) is 0 Å². The fraction of sp³-hybridized carbons (Fsp3) is 0.667. The van der Waals surface area contributed by atoms with Gasteiger partial charge < -0.3 is 0 Å². The van der Waals surface area contributed by atoms with Gasteiger partial charge in [-0.15, -0.1) is 0 Å². The molecule has 1 nitrogen and oxygen atoms in total. The number of rotatable bonds is 2. The zero-order valence-electron chi connectivity index (χ0n) is 6.85. The van der Waals surface area contributed by atoms with Gasteiger partial charge in [0.15, 0.2) is 0 Å². The number of hydrogen-bond acceptors (Lipinski definition) is 1. The Morgan fingerprint density at radius 3 is 2.75 bits per heavy atom. The number of Topliss-reactive ketones (excluding diaryl/α,β-unsaturated/α-hetero) is 1. The van der Waals surface area contributed by atoms with Crippen LogP contribution >= 0.6 is 0 Å². The summed E-state index contributed by atoms with van der Waals surface area (Å²) in [6, 6.07) is 0. The maximum atomic E-state index is 12.0. The van der Waals surface area contributed by atoms with E-state index in [-0.39, 0.29) is 0 Å². The molecule has 0 aromatic carbocycles. The third-order valence-corrected chi connectivity index (χ3v) is 2.06. The topological polar surface area (TPSA) is 17.1 Å². The molecule has 0 heterocycles. The van der Waals surface area contributed by atoms with E-state index in [1.165, 1.54) is 0 Å². The standard InChI is InChI=1S/C9H12F2O/c10-9(11)8(12)7-5-3-1-2-4-6-7/h5,9H,1-4,6H2. The molecule has 0 radical (unpaired) electrons. The largest absolute Gasteiger partial charge is 0.300 e. The third-order valence-electron chi connectivity index (χ3n) is 2.06. The maximum absolute atomic E-state index is 12.0. The molecule has 3 heteroatoms. The van der Waals surface area contributed by atoms with Crippen LogP contribution in [0.4, 0.5) is 8.78 Å². The number of carbonyl (C=O) groups is 1. The van der Waals surface area contributed by atoms with Crippen LogP contribution in [-0.2, 0) is 4.79 Å². The van der Waals surface area contributed by atoms with E-state index < -0.39 is 12.2 Å². The van der Waals surface area contributed by atoms with E-state index in [0.29, 0.717) is 12.0 Å². The lowest BCUT2D eigenvalue weighted by molar-refractivity contribution is -0.125. The van der Waals surface area contributed by atoms with Crippen LogP contribution in [-0.4, -0.2) is 12.2 Å². The zero-order chi connectivity index (χ0) is 8.97. The Morgan fingerprint density at radius 2 is 2.08 bits per heavy atom. The highest BCUT2D eigenvalue weighted by Crippen LogP contribution is 2.19. The van der Waals surface area contributed by atoms with Crippen LogP contribution in [0.15, 0.2) is 11.6 Å². The molecule has 0 aromatic heterocycles. The highest BCUT2D eigenvalue weighted by Gasteiger charge is 2.20. The lowest BCUT2D eigenvalue weighted by atomic mass is 10.1. The molecule has 68 valence electrons. The van der Waals surface area contributed by atoms with E-state index in [0.717, 1.165) is 25.7 Å². The summed E-state index contributed by atoms with van der Waals surface area (Å²) in [6.07, 6.45) is 3.06. The minimum atomic E-state index is -2.82. The first-order valence-corrected chi connectivity index (χ1v) is 4.23. The lowest BCUT2D eigenvalue weighted by Crippen LogP contribution is -2.12. The minimum Gasteiger partial charge on any atom is -0.288 e. The minimum absolute atomic E-state index is 0.336. The normalized spacial score (nSPS) is 18.8. The van der Waals surface area contributed by atoms with Gasteiger partial charge in [-0.25, -0.2) is 8.78 Å². The molecule has 0 saturated carbocycles. The van der Waals surface area contributed by atoms with Crippen molar-refractivity contribution in [1.82, 2.24) is 0 Å². The summed E-state index contributed by atoms with van der Waals surface area (Å²) in [5, 5.41) is 0. The fourth-order valence-corrected chi connectivity index (χ4v) is 1.38. The van der Waals surface area contributed by atoms with Crippen LogP contribution in [0, 0.1) is 0 Å². The number of halogens is 2. The predicted octanol–water partition coefficient (Wildman–Crippen LogP) is 2.71. The molecule has 0 spiro atoms. The van der Waals surface area contributed by atoms with Gasteiger partial charge >= 0.3 is 0 Å². The molecule has 0 aliphatic heterocycles. The first-order valence-electron chi connectivity index (χ1n) is 4.23. The molecular formula is C9H12F2O. The summed E-state index contributed by atoms with van der Waals surface area (Å²) in [5.74, 6) is -0.975. The fourth-order valence-electron chi connectivity index (χ4n) is 1.38. The second-order valence-electron chi connectivity index (χ2n) is 2.99. The summed E-state index contributed by atoms with van der Waals surface area (Å²) in [4.78, 5) is 10.8. The summed E-state index contributed by atoms with van der Waals surface area (Å²) < 4.78 is 23.9. The SMILES string of the molecule is O=C(C1=CCCCCC1)C(F)F. The van der Waals surface area contributed by atoms with Crippen LogP contribution in [0.25, 0.3) is 0 Å². The Labute approximate surface area is 70.5 Å². The van der Waals surface area contributed by atoms with E-state index >= 15 is 0 Å². The molecular weight excluding hydrogens is 162 g/mol. The first kappa shape index (κ1) is 9.36. The second kappa shape index (κ2) is 4.33. The smallest absolute Gasteiger partial charge is 0.288 e. The molecule has 1 aliphatic carbocycles. The van der Waals surface area contributed by atoms with Crippen molar-refractivity contribution in [1.29, 1.82) is 0 Å². The Kier molecular flexibility index (Phi) is 3.38. The highest BCUT2D eigenvalue weighted by atomic mass is 19.3. The summed E-state index contributed by atoms with van der Waals surface area (Å²) >= 11 is 0. The number of hydrogen-bond donors (Lipinski definition) is 0. The third kappa shape index (κ3) is 2.40. The number of carbonyl (C=O) groups excluding carboxylic acids is 1. The van der Waals surface area contributed by atoms with Crippen LogP contribution in [0.2, 0.25) is 0 Å². The number of ketones is 1. The number of alkyl halides is 2. The van der Waals surface area contributed by atoms with Gasteiger partial charge in [-0.05, 0) is 31.3 Å². The van der Waals surface area contributed by atoms with Gasteiger partial charge in [0.1, 0.15) is 0 Å². The van der Waals surface area contributed by atoms with E-state index in [1.807, 2.05) is 0 Å². The van der Waals surface area contributed by atoms with Crippen molar-refractivity contribution in [3.05, 3.63) is 11.6 Å². The maximum Gasteiger partial charge on any atom is 0.300 e. The average molecular weight is 174 g/mol. The van der Waals surface area contributed by atoms with Crippen molar-refractivity contribution < 1.29 is 13.6 Å². The van der Waals surface area contributed by atoms with Crippen LogP contribution in [0.5, 0.6) is 0 Å². The quantitative estimate of drug-likeness (QED) is 0.629. The van der Waals surface area contributed by atoms with Gasteiger partial charge in [-0.3, -0.25) is 4.79 Å². The average Bonchev–Trinajstić information content (AvgIpc) is 2.30. The summed E-state index contributed by atoms with van der Waals surface area (Å²) in [7, 11) is 0. The monoisotopic (exact) mass is 174 g/mol. The van der Waals surface area contributed by atoms with Crippen LogP contribution in [0.3, 0.4) is 0 Å². The molecule has 12 heavy (non-hydrogen) atoms. The van der Waals surface area contributed by atoms with E-state index in [2.05, 4.69) is 0 Å². The molecule has 0 aromatic rings. The van der Waals surface area contributed by atoms with Gasteiger partial charge in [0, 0.05) is 0 Å². The molecule has 0 bridgehead atoms. The Hall–Kier alpha value is -0.730. The molecule has 0 N–H and O–H groups in total. The van der Waals surface area contributed by atoms with E-state index in [1.54, 1.807) is 6.08 Å². The Bertz CT molecular complexity index is 197. The molecule has 0 amide bonds. The molecule has 0 unspecified atom stereocenters. The Morgan fingerprint density at radius 1 is 1.33 bits per heavy atom. The first-order chi connectivity index (χ1) is 5.72. The van der Waals surface area contributed by atoms with Crippen molar-refractivity contribution in [2.75, 3.05) is 0 Å². The van der Waals surface area contributed by atoms with Crippen molar-refractivity contribution in [3.8, 4) is 0 Å². The van der Waals surface area contributed by atoms with E-state index in [4.69, 9.17) is 0 Å². The Balaban J connectivity index is 2.59. The van der Waals surface area contributed by atoms with Gasteiger partial charge in [0.25, 0.3) is 6.43 Å². The van der Waals surface area contributed by atoms with Gasteiger partial charge in [-0.2, -0.15) is 0 Å². The summed E-state index contributed by atoms with van der Waals surface area (Å²) in [6.45, 7) is 0. The summed E-state index contributed by atoms with van der Waals surface area (Å²) in [5.41, 5.74) is 0.336. The predicted molar refractivity (Wildman–Crippen MR) is 42.2 cm³/mol. The van der Waals surface area contributed by atoms with Crippen molar-refractivity contribution in [2.45, 2.75) is 38.5 Å². The van der Waals surface area contributed by atoms with Crippen LogP contribution < -0.4 is 0 Å². The highest BCUT2D eigenvalue weighted by molar-refractivity contribution is 5.97. The molecule has 1 aliphatic rings.